The molecule has 0 spiro atoms. The minimum Gasteiger partial charge on any atom is -1.00 e. The van der Waals surface area contributed by atoms with Crippen molar-refractivity contribution < 1.29 is 49.4 Å². The predicted octanol–water partition coefficient (Wildman–Crippen LogP) is -0.392. The monoisotopic (exact) mass is 220 g/mol. The van der Waals surface area contributed by atoms with Crippen molar-refractivity contribution in [2.45, 2.75) is 0 Å². The van der Waals surface area contributed by atoms with Crippen molar-refractivity contribution in [3.63, 3.8) is 0 Å². The van der Waals surface area contributed by atoms with Gasteiger partial charge in [0.25, 0.3) is 0 Å². The van der Waals surface area contributed by atoms with Crippen LogP contribution < -0.4 is 0 Å². The Hall–Kier alpha value is 1.69. The molecule has 0 aromatic rings. The zero-order valence-corrected chi connectivity index (χ0v) is 7.47. The summed E-state index contributed by atoms with van der Waals surface area (Å²) in [5.41, 5.74) is 0. The molecule has 0 saturated heterocycles. The van der Waals surface area contributed by atoms with Crippen LogP contribution in [0.3, 0.4) is 0 Å². The maximum absolute atomic E-state index is 8.56. The van der Waals surface area contributed by atoms with Crippen LogP contribution in [-0.4, -0.2) is 27.6 Å². The van der Waals surface area contributed by atoms with Crippen LogP contribution in [0.2, 0.25) is 0 Å². The Morgan fingerprint density at radius 2 is 1.43 bits per heavy atom. The van der Waals surface area contributed by atoms with Crippen LogP contribution in [0, 0.1) is 0 Å². The maximum atomic E-state index is 8.56. The largest absolute Gasteiger partial charge is 2.00 e. The van der Waals surface area contributed by atoms with Gasteiger partial charge in [0.15, 0.2) is 0 Å². The Morgan fingerprint density at radius 3 is 1.43 bits per heavy atom. The third kappa shape index (κ3) is 87.2. The first-order chi connectivity index (χ1) is 1.73. The molecule has 0 aromatic heterocycles. The molecular weight excluding hydrogens is 218 g/mol. The number of hydrogen-bond acceptors (Lipinski definition) is 3. The van der Waals surface area contributed by atoms with E-state index in [1.807, 2.05) is 0 Å². The Kier molecular flexibility index (Phi) is 52.2. The van der Waals surface area contributed by atoms with Crippen molar-refractivity contribution in [2.24, 2.45) is 0 Å². The third-order valence-corrected chi connectivity index (χ3v) is 0. The van der Waals surface area contributed by atoms with Gasteiger partial charge in [-0.1, -0.05) is 0 Å². The Morgan fingerprint density at radius 1 is 1.43 bits per heavy atom. The summed E-state index contributed by atoms with van der Waals surface area (Å²) in [7, 11) is -2.86. The number of hydrogen-bond donors (Lipinski definition) is 1. The summed E-state index contributed by atoms with van der Waals surface area (Å²) < 4.78 is 24.1. The summed E-state index contributed by atoms with van der Waals surface area (Å²) in [4.78, 5) is 0. The van der Waals surface area contributed by atoms with Gasteiger partial charge in [0.05, 0.1) is 0 Å². The van der Waals surface area contributed by atoms with E-state index >= 15 is 0 Å². The molecule has 47 valence electrons. The van der Waals surface area contributed by atoms with Gasteiger partial charge in [-0.05, 0) is 0 Å². The standard InChI is InChI=1S/Mg.Mn.Ni.HO3S.2H/c;;;1-4(2)3;;/h;;;(H,1,2,3);;/q+2;;;3*-1. The molecule has 0 unspecified atom stereocenters. The first kappa shape index (κ1) is 23.4. The molecule has 3 nitrogen and oxygen atoms in total. The van der Waals surface area contributed by atoms with Gasteiger partial charge in [0.2, 0.25) is 0 Å². The normalized spacial score (nSPS) is 4.86. The molecule has 0 aliphatic heterocycles. The predicted molar refractivity (Wildman–Crippen MR) is 19.3 cm³/mol. The molecule has 0 fully saturated rings. The minimum atomic E-state index is -2.86. The van der Waals surface area contributed by atoms with E-state index in [2.05, 4.69) is 0 Å². The van der Waals surface area contributed by atoms with Gasteiger partial charge in [-0.3, -0.25) is 0 Å². The van der Waals surface area contributed by atoms with E-state index in [-0.39, 0.29) is 59.5 Å². The molecule has 1 N–H and O–H groups in total. The molecule has 0 rings (SSSR count). The molecule has 0 aliphatic rings. The SMILES string of the molecule is O=[S-](=O)O.[H-].[H-].[Mg+2].[Mn].[Ni]. The van der Waals surface area contributed by atoms with Crippen molar-refractivity contribution in [2.75, 3.05) is 0 Å². The van der Waals surface area contributed by atoms with Crippen LogP contribution in [0.1, 0.15) is 2.85 Å². The summed E-state index contributed by atoms with van der Waals surface area (Å²) in [6, 6.07) is 0. The maximum Gasteiger partial charge on any atom is 2.00 e. The van der Waals surface area contributed by atoms with Crippen LogP contribution in [0.25, 0.3) is 0 Å². The minimum absolute atomic E-state index is 0. The fraction of sp³-hybridized carbons (Fsp3) is 0. The van der Waals surface area contributed by atoms with E-state index < -0.39 is 11.0 Å². The van der Waals surface area contributed by atoms with Crippen molar-refractivity contribution >= 4 is 34.0 Å². The molecule has 0 atom stereocenters. The molecule has 7 heteroatoms. The summed E-state index contributed by atoms with van der Waals surface area (Å²) in [6.07, 6.45) is 0. The fourth-order valence-electron chi connectivity index (χ4n) is 0. The van der Waals surface area contributed by atoms with E-state index in [0.717, 1.165) is 0 Å². The first-order valence-electron chi connectivity index (χ1n) is 0.516. The van der Waals surface area contributed by atoms with Gasteiger partial charge < -0.3 is 15.8 Å². The van der Waals surface area contributed by atoms with Gasteiger partial charge in [-0.2, -0.15) is 0 Å². The van der Waals surface area contributed by atoms with Crippen LogP contribution in [0.4, 0.5) is 0 Å². The van der Waals surface area contributed by atoms with Crippen molar-refractivity contribution in [3.8, 4) is 0 Å². The first-order valence-corrected chi connectivity index (χ1v) is 1.55. The molecular formula is H3MgMnNiO3S-. The number of rotatable bonds is 0. The van der Waals surface area contributed by atoms with E-state index in [4.69, 9.17) is 13.0 Å². The molecule has 0 saturated carbocycles. The van der Waals surface area contributed by atoms with Crippen molar-refractivity contribution in [1.82, 2.24) is 0 Å². The van der Waals surface area contributed by atoms with Crippen molar-refractivity contribution in [1.29, 1.82) is 0 Å². The second-order valence-corrected chi connectivity index (χ2v) is 0.651. The van der Waals surface area contributed by atoms with Gasteiger partial charge in [0.1, 0.15) is 0 Å². The van der Waals surface area contributed by atoms with Crippen molar-refractivity contribution in [3.05, 3.63) is 0 Å². The van der Waals surface area contributed by atoms with Gasteiger partial charge in [-0.15, -0.1) is 0 Å². The Bertz CT molecular complexity index is 70.2. The smallest absolute Gasteiger partial charge is 1.00 e. The Labute approximate surface area is 82.9 Å². The van der Waals surface area contributed by atoms with Crippen LogP contribution in [0.15, 0.2) is 0 Å². The average molecular weight is 221 g/mol. The van der Waals surface area contributed by atoms with Gasteiger partial charge in [0, 0.05) is 44.5 Å². The van der Waals surface area contributed by atoms with Gasteiger partial charge in [-0.25, -0.2) is 0 Å². The van der Waals surface area contributed by atoms with Crippen LogP contribution >= 0.6 is 0 Å². The van der Waals surface area contributed by atoms with E-state index in [0.29, 0.717) is 0 Å². The quantitative estimate of drug-likeness (QED) is 0.262. The summed E-state index contributed by atoms with van der Waals surface area (Å²) in [5.74, 6) is 0. The summed E-state index contributed by atoms with van der Waals surface area (Å²) >= 11 is 0. The Balaban J connectivity index is -0.00000000450. The molecule has 1 radical (unpaired) electrons. The second-order valence-electron chi connectivity index (χ2n) is 0.217. The zero-order chi connectivity index (χ0) is 3.58. The molecule has 0 amide bonds. The zero-order valence-electron chi connectivity index (χ0n) is 5.07. The molecule has 0 heterocycles. The second kappa shape index (κ2) is 15.6. The van der Waals surface area contributed by atoms with E-state index in [1.165, 1.54) is 0 Å². The molecule has 0 aromatic carbocycles. The third-order valence-electron chi connectivity index (χ3n) is 0. The topological polar surface area (TPSA) is 54.4 Å². The van der Waals surface area contributed by atoms with Crippen LogP contribution in [-0.2, 0) is 53.0 Å². The van der Waals surface area contributed by atoms with Gasteiger partial charge >= 0.3 is 23.1 Å². The fourth-order valence-corrected chi connectivity index (χ4v) is 0. The van der Waals surface area contributed by atoms with Crippen LogP contribution in [0.5, 0.6) is 0 Å². The molecule has 0 aliphatic carbocycles. The summed E-state index contributed by atoms with van der Waals surface area (Å²) in [5, 5.41) is 0. The van der Waals surface area contributed by atoms with E-state index in [9.17, 15) is 0 Å². The molecule has 7 heavy (non-hydrogen) atoms. The van der Waals surface area contributed by atoms with E-state index in [1.54, 1.807) is 0 Å². The summed E-state index contributed by atoms with van der Waals surface area (Å²) in [6.45, 7) is 0. The molecule has 0 bridgehead atoms. The average Bonchev–Trinajstić information content (AvgIpc) is 0.811.